The van der Waals surface area contributed by atoms with E-state index in [4.69, 9.17) is 5.11 Å². The molecule has 0 unspecified atom stereocenters. The van der Waals surface area contributed by atoms with E-state index in [9.17, 15) is 4.79 Å². The highest BCUT2D eigenvalue weighted by Crippen LogP contribution is 2.08. The second-order valence-corrected chi connectivity index (χ2v) is 1.61. The number of carbonyl (C=O) groups excluding carboxylic acids is 1. The van der Waals surface area contributed by atoms with Crippen molar-refractivity contribution in [1.29, 1.82) is 0 Å². The van der Waals surface area contributed by atoms with Crippen LogP contribution in [0.3, 0.4) is 0 Å². The van der Waals surface area contributed by atoms with Gasteiger partial charge in [0.1, 0.15) is 0 Å². The Labute approximate surface area is 51.1 Å². The van der Waals surface area contributed by atoms with E-state index in [2.05, 4.69) is 9.68 Å². The third kappa shape index (κ3) is 1.07. The molecule has 0 spiro atoms. The van der Waals surface area contributed by atoms with Gasteiger partial charge in [-0.05, 0) is 0 Å². The standard InChI is InChI=1S/C5H5NO3/c1-3(7)4-2-5(8)9-6-4/h2,8H,1H3. The van der Waals surface area contributed by atoms with E-state index in [-0.39, 0.29) is 17.4 Å². The van der Waals surface area contributed by atoms with Crippen LogP contribution in [-0.4, -0.2) is 16.0 Å². The summed E-state index contributed by atoms with van der Waals surface area (Å²) in [6.45, 7) is 1.34. The summed E-state index contributed by atoms with van der Waals surface area (Å²) in [5, 5.41) is 11.8. The fourth-order valence-electron chi connectivity index (χ4n) is 0.432. The number of aromatic hydroxyl groups is 1. The van der Waals surface area contributed by atoms with Crippen molar-refractivity contribution in [2.75, 3.05) is 0 Å². The Morgan fingerprint density at radius 1 is 1.89 bits per heavy atom. The summed E-state index contributed by atoms with van der Waals surface area (Å²) in [6.07, 6.45) is 0. The van der Waals surface area contributed by atoms with Gasteiger partial charge in [0, 0.05) is 6.92 Å². The predicted octanol–water partition coefficient (Wildman–Crippen LogP) is 0.583. The smallest absolute Gasteiger partial charge is 0.309 e. The first-order chi connectivity index (χ1) is 4.20. The lowest BCUT2D eigenvalue weighted by Crippen LogP contribution is -1.89. The molecule has 0 aliphatic rings. The molecule has 0 saturated carbocycles. The number of ketones is 1. The molecule has 0 radical (unpaired) electrons. The van der Waals surface area contributed by atoms with E-state index in [1.54, 1.807) is 0 Å². The predicted molar refractivity (Wildman–Crippen MR) is 28.2 cm³/mol. The van der Waals surface area contributed by atoms with Crippen LogP contribution in [0.5, 0.6) is 5.95 Å². The molecule has 4 heteroatoms. The summed E-state index contributed by atoms with van der Waals surface area (Å²) in [7, 11) is 0. The van der Waals surface area contributed by atoms with E-state index in [0.29, 0.717) is 0 Å². The first kappa shape index (κ1) is 5.81. The molecule has 0 atom stereocenters. The number of rotatable bonds is 1. The maximum Gasteiger partial charge on any atom is 0.309 e. The van der Waals surface area contributed by atoms with Crippen LogP contribution < -0.4 is 0 Å². The van der Waals surface area contributed by atoms with Gasteiger partial charge in [0.25, 0.3) is 0 Å². The van der Waals surface area contributed by atoms with Crippen molar-refractivity contribution in [2.45, 2.75) is 6.92 Å². The second kappa shape index (κ2) is 1.89. The van der Waals surface area contributed by atoms with Crippen molar-refractivity contribution in [1.82, 2.24) is 5.16 Å². The van der Waals surface area contributed by atoms with Gasteiger partial charge >= 0.3 is 5.95 Å². The Balaban J connectivity index is 2.98. The fraction of sp³-hybridized carbons (Fsp3) is 0.200. The summed E-state index contributed by atoms with van der Waals surface area (Å²) < 4.78 is 4.21. The molecule has 0 saturated heterocycles. The Morgan fingerprint density at radius 2 is 2.56 bits per heavy atom. The van der Waals surface area contributed by atoms with Gasteiger partial charge in [-0.25, -0.2) is 0 Å². The number of hydrogen-bond donors (Lipinski definition) is 1. The molecule has 48 valence electrons. The van der Waals surface area contributed by atoms with Gasteiger partial charge in [-0.15, -0.1) is 0 Å². The molecule has 0 aliphatic carbocycles. The van der Waals surface area contributed by atoms with Crippen LogP contribution in [0.25, 0.3) is 0 Å². The number of aromatic nitrogens is 1. The molecule has 0 aliphatic heterocycles. The lowest BCUT2D eigenvalue weighted by molar-refractivity contribution is 0.100. The van der Waals surface area contributed by atoms with E-state index in [1.165, 1.54) is 13.0 Å². The molecule has 0 bridgehead atoms. The Hall–Kier alpha value is -1.32. The summed E-state index contributed by atoms with van der Waals surface area (Å²) >= 11 is 0. The first-order valence-corrected chi connectivity index (χ1v) is 2.37. The van der Waals surface area contributed by atoms with Crippen molar-refractivity contribution in [2.24, 2.45) is 0 Å². The largest absolute Gasteiger partial charge is 0.479 e. The van der Waals surface area contributed by atoms with Crippen LogP contribution in [0, 0.1) is 0 Å². The van der Waals surface area contributed by atoms with Crippen LogP contribution in [0.4, 0.5) is 0 Å². The van der Waals surface area contributed by atoms with Crippen LogP contribution >= 0.6 is 0 Å². The van der Waals surface area contributed by atoms with Crippen molar-refractivity contribution in [3.05, 3.63) is 11.8 Å². The molecule has 4 nitrogen and oxygen atoms in total. The Kier molecular flexibility index (Phi) is 1.22. The quantitative estimate of drug-likeness (QED) is 0.560. The first-order valence-electron chi connectivity index (χ1n) is 2.37. The Morgan fingerprint density at radius 3 is 2.78 bits per heavy atom. The highest BCUT2D eigenvalue weighted by Gasteiger charge is 2.04. The zero-order valence-corrected chi connectivity index (χ0v) is 4.79. The van der Waals surface area contributed by atoms with Gasteiger partial charge in [-0.2, -0.15) is 0 Å². The second-order valence-electron chi connectivity index (χ2n) is 1.61. The molecule has 1 aromatic rings. The van der Waals surface area contributed by atoms with Crippen molar-refractivity contribution in [3.63, 3.8) is 0 Å². The molecule has 0 fully saturated rings. The van der Waals surface area contributed by atoms with Gasteiger partial charge in [-0.3, -0.25) is 4.79 Å². The zero-order valence-electron chi connectivity index (χ0n) is 4.79. The van der Waals surface area contributed by atoms with Gasteiger partial charge in [0.2, 0.25) is 0 Å². The van der Waals surface area contributed by atoms with E-state index >= 15 is 0 Å². The average Bonchev–Trinajstić information content (AvgIpc) is 2.14. The minimum Gasteiger partial charge on any atom is -0.479 e. The van der Waals surface area contributed by atoms with Gasteiger partial charge in [0.15, 0.2) is 11.5 Å². The summed E-state index contributed by atoms with van der Waals surface area (Å²) in [5.74, 6) is -0.556. The normalized spacial score (nSPS) is 9.44. The molecule has 0 aromatic carbocycles. The van der Waals surface area contributed by atoms with Crippen LogP contribution in [0.1, 0.15) is 17.4 Å². The van der Waals surface area contributed by atoms with Gasteiger partial charge < -0.3 is 9.63 Å². The average molecular weight is 127 g/mol. The number of hydrogen-bond acceptors (Lipinski definition) is 4. The van der Waals surface area contributed by atoms with Gasteiger partial charge in [0.05, 0.1) is 6.07 Å². The highest BCUT2D eigenvalue weighted by molar-refractivity contribution is 5.92. The molecule has 1 heterocycles. The van der Waals surface area contributed by atoms with Crippen molar-refractivity contribution < 1.29 is 14.4 Å². The monoisotopic (exact) mass is 127 g/mol. The lowest BCUT2D eigenvalue weighted by atomic mass is 10.3. The Bertz CT molecular complexity index is 228. The molecule has 0 amide bonds. The van der Waals surface area contributed by atoms with Gasteiger partial charge in [-0.1, -0.05) is 5.16 Å². The number of nitrogens with zero attached hydrogens (tertiary/aromatic N) is 1. The van der Waals surface area contributed by atoms with E-state index in [1.807, 2.05) is 0 Å². The topological polar surface area (TPSA) is 63.3 Å². The van der Waals surface area contributed by atoms with E-state index < -0.39 is 0 Å². The summed E-state index contributed by atoms with van der Waals surface area (Å²) in [5.41, 5.74) is 0.146. The minimum absolute atomic E-state index is 0.146. The maximum atomic E-state index is 10.4. The highest BCUT2D eigenvalue weighted by atomic mass is 16.5. The van der Waals surface area contributed by atoms with Crippen molar-refractivity contribution in [3.8, 4) is 5.95 Å². The molecular weight excluding hydrogens is 122 g/mol. The molecule has 1 N–H and O–H groups in total. The summed E-state index contributed by atoms with van der Waals surface area (Å²) in [4.78, 5) is 10.4. The minimum atomic E-state index is -0.333. The fourth-order valence-corrected chi connectivity index (χ4v) is 0.432. The van der Waals surface area contributed by atoms with E-state index in [0.717, 1.165) is 0 Å². The third-order valence-electron chi connectivity index (χ3n) is 0.858. The molecule has 1 rings (SSSR count). The SMILES string of the molecule is CC(=O)c1cc(O)on1. The van der Waals surface area contributed by atoms with Crippen LogP contribution in [0.2, 0.25) is 0 Å². The maximum absolute atomic E-state index is 10.4. The zero-order chi connectivity index (χ0) is 6.85. The van der Waals surface area contributed by atoms with Crippen LogP contribution in [-0.2, 0) is 0 Å². The number of Topliss-reactive ketones (excluding diaryl/α,β-unsaturated/α-hetero) is 1. The molecular formula is C5H5NO3. The van der Waals surface area contributed by atoms with Crippen LogP contribution in [0.15, 0.2) is 10.6 Å². The summed E-state index contributed by atoms with van der Waals surface area (Å²) in [6, 6.07) is 1.17. The number of carbonyl (C=O) groups is 1. The molecule has 1 aromatic heterocycles. The lowest BCUT2D eigenvalue weighted by Gasteiger charge is -1.75. The van der Waals surface area contributed by atoms with Crippen molar-refractivity contribution >= 4 is 5.78 Å². The molecule has 9 heavy (non-hydrogen) atoms. The third-order valence-corrected chi connectivity index (χ3v) is 0.858.